The summed E-state index contributed by atoms with van der Waals surface area (Å²) in [5.74, 6) is 0.857. The highest BCUT2D eigenvalue weighted by Gasteiger charge is 2.63. The monoisotopic (exact) mass is 332 g/mol. The third kappa shape index (κ3) is 3.44. The van der Waals surface area contributed by atoms with Gasteiger partial charge in [-0.25, -0.2) is 0 Å². The quantitative estimate of drug-likeness (QED) is 0.813. The van der Waals surface area contributed by atoms with E-state index in [0.717, 1.165) is 18.8 Å². The summed E-state index contributed by atoms with van der Waals surface area (Å²) >= 11 is 0. The summed E-state index contributed by atoms with van der Waals surface area (Å²) in [4.78, 5) is 12.6. The molecule has 3 N–H and O–H groups in total. The zero-order valence-corrected chi connectivity index (χ0v) is 15.3. The predicted molar refractivity (Wildman–Crippen MR) is 92.2 cm³/mol. The van der Waals surface area contributed by atoms with Crippen LogP contribution in [0.25, 0.3) is 0 Å². The third-order valence-corrected chi connectivity index (χ3v) is 5.99. The molecule has 1 amide bonds. The standard InChI is InChI=1S/C17H32N2O2.ClH/c1-5-12-7-9-13(10-8-12)19-15(20)17(18)11-14(21-6-2)16(17,3)4;/h12-14H,5-11,18H2,1-4H3,(H,19,20);1H. The highest BCUT2D eigenvalue weighted by Crippen LogP contribution is 2.50. The lowest BCUT2D eigenvalue weighted by atomic mass is 9.54. The van der Waals surface area contributed by atoms with E-state index >= 15 is 0 Å². The van der Waals surface area contributed by atoms with Gasteiger partial charge in [0.1, 0.15) is 5.54 Å². The van der Waals surface area contributed by atoms with Gasteiger partial charge in [-0.05, 0) is 38.5 Å². The Kier molecular flexibility index (Phi) is 6.72. The molecule has 0 aromatic rings. The summed E-state index contributed by atoms with van der Waals surface area (Å²) in [6.07, 6.45) is 6.61. The topological polar surface area (TPSA) is 64.3 Å². The average Bonchev–Trinajstić information content (AvgIpc) is 2.47. The van der Waals surface area contributed by atoms with Gasteiger partial charge in [-0.2, -0.15) is 0 Å². The van der Waals surface area contributed by atoms with Crippen LogP contribution in [0.1, 0.15) is 66.2 Å². The van der Waals surface area contributed by atoms with Crippen molar-refractivity contribution in [3.05, 3.63) is 0 Å². The molecular formula is C17H33ClN2O2. The van der Waals surface area contributed by atoms with Crippen LogP contribution in [-0.4, -0.2) is 30.2 Å². The van der Waals surface area contributed by atoms with Crippen LogP contribution in [0.3, 0.4) is 0 Å². The van der Waals surface area contributed by atoms with E-state index in [0.29, 0.717) is 19.1 Å². The van der Waals surface area contributed by atoms with Gasteiger partial charge in [-0.1, -0.05) is 27.2 Å². The van der Waals surface area contributed by atoms with Gasteiger partial charge in [-0.3, -0.25) is 4.79 Å². The summed E-state index contributed by atoms with van der Waals surface area (Å²) in [6.45, 7) is 9.00. The van der Waals surface area contributed by atoms with Crippen molar-refractivity contribution in [2.45, 2.75) is 83.9 Å². The highest BCUT2D eigenvalue weighted by atomic mass is 35.5. The largest absolute Gasteiger partial charge is 0.378 e. The van der Waals surface area contributed by atoms with E-state index in [1.165, 1.54) is 19.3 Å². The van der Waals surface area contributed by atoms with Crippen molar-refractivity contribution in [3.63, 3.8) is 0 Å². The lowest BCUT2D eigenvalue weighted by molar-refractivity contribution is -0.171. The molecule has 0 aromatic carbocycles. The van der Waals surface area contributed by atoms with Crippen molar-refractivity contribution in [1.82, 2.24) is 5.32 Å². The molecule has 5 heteroatoms. The van der Waals surface area contributed by atoms with Crippen molar-refractivity contribution in [2.24, 2.45) is 17.1 Å². The minimum atomic E-state index is -0.783. The SMILES string of the molecule is CCOC1CC(N)(C(=O)NC2CCC(CC)CC2)C1(C)C.Cl. The summed E-state index contributed by atoms with van der Waals surface area (Å²) < 4.78 is 5.70. The maximum absolute atomic E-state index is 12.6. The normalized spacial score (nSPS) is 36.9. The molecule has 0 aromatic heterocycles. The molecule has 0 heterocycles. The van der Waals surface area contributed by atoms with Crippen LogP contribution in [0, 0.1) is 11.3 Å². The molecule has 130 valence electrons. The molecule has 2 saturated carbocycles. The number of hydrogen-bond acceptors (Lipinski definition) is 3. The first-order valence-electron chi connectivity index (χ1n) is 8.56. The van der Waals surface area contributed by atoms with Gasteiger partial charge in [0, 0.05) is 24.5 Å². The second-order valence-corrected chi connectivity index (χ2v) is 7.44. The number of nitrogens with two attached hydrogens (primary N) is 1. The summed E-state index contributed by atoms with van der Waals surface area (Å²) in [7, 11) is 0. The smallest absolute Gasteiger partial charge is 0.241 e. The Balaban J connectivity index is 0.00000242. The Hall–Kier alpha value is -0.320. The summed E-state index contributed by atoms with van der Waals surface area (Å²) in [5, 5.41) is 3.20. The van der Waals surface area contributed by atoms with E-state index < -0.39 is 5.54 Å². The Morgan fingerprint density at radius 1 is 1.23 bits per heavy atom. The Labute approximate surface area is 141 Å². The second kappa shape index (κ2) is 7.50. The molecule has 0 bridgehead atoms. The molecule has 2 aliphatic carbocycles. The van der Waals surface area contributed by atoms with Gasteiger partial charge in [0.15, 0.2) is 0 Å². The fourth-order valence-corrected chi connectivity index (χ4v) is 3.85. The van der Waals surface area contributed by atoms with Crippen LogP contribution < -0.4 is 11.1 Å². The summed E-state index contributed by atoms with van der Waals surface area (Å²) in [6, 6.07) is 0.308. The number of halogens is 1. The Bertz CT molecular complexity index is 381. The Morgan fingerprint density at radius 3 is 2.27 bits per heavy atom. The molecule has 2 fully saturated rings. The van der Waals surface area contributed by atoms with Gasteiger partial charge < -0.3 is 15.8 Å². The number of nitrogens with one attached hydrogen (secondary N) is 1. The van der Waals surface area contributed by atoms with Crippen LogP contribution in [0.4, 0.5) is 0 Å². The number of amides is 1. The van der Waals surface area contributed by atoms with E-state index in [1.807, 2.05) is 20.8 Å². The van der Waals surface area contributed by atoms with Crippen molar-refractivity contribution >= 4 is 18.3 Å². The van der Waals surface area contributed by atoms with Gasteiger partial charge >= 0.3 is 0 Å². The van der Waals surface area contributed by atoms with Crippen molar-refractivity contribution < 1.29 is 9.53 Å². The van der Waals surface area contributed by atoms with E-state index in [2.05, 4.69) is 12.2 Å². The first kappa shape index (κ1) is 19.7. The first-order chi connectivity index (χ1) is 9.85. The van der Waals surface area contributed by atoms with Crippen LogP contribution >= 0.6 is 12.4 Å². The van der Waals surface area contributed by atoms with Gasteiger partial charge in [0.05, 0.1) is 6.10 Å². The fourth-order valence-electron chi connectivity index (χ4n) is 3.85. The van der Waals surface area contributed by atoms with Gasteiger partial charge in [0.25, 0.3) is 0 Å². The molecule has 22 heavy (non-hydrogen) atoms. The minimum Gasteiger partial charge on any atom is -0.378 e. The van der Waals surface area contributed by atoms with Gasteiger partial charge in [0.2, 0.25) is 5.91 Å². The zero-order valence-electron chi connectivity index (χ0n) is 14.5. The maximum Gasteiger partial charge on any atom is 0.241 e. The predicted octanol–water partition coefficient (Wildman–Crippen LogP) is 3.03. The van der Waals surface area contributed by atoms with Crippen molar-refractivity contribution in [1.29, 1.82) is 0 Å². The van der Waals surface area contributed by atoms with E-state index in [9.17, 15) is 4.79 Å². The third-order valence-electron chi connectivity index (χ3n) is 5.99. The van der Waals surface area contributed by atoms with Crippen LogP contribution in [-0.2, 0) is 9.53 Å². The first-order valence-corrected chi connectivity index (χ1v) is 8.56. The van der Waals surface area contributed by atoms with E-state index in [-0.39, 0.29) is 29.8 Å². The van der Waals surface area contributed by atoms with Crippen LogP contribution in [0.15, 0.2) is 0 Å². The van der Waals surface area contributed by atoms with E-state index in [1.54, 1.807) is 0 Å². The number of carbonyl (C=O) groups is 1. The molecule has 2 atom stereocenters. The Morgan fingerprint density at radius 2 is 1.82 bits per heavy atom. The van der Waals surface area contributed by atoms with E-state index in [4.69, 9.17) is 10.5 Å². The van der Waals surface area contributed by atoms with Gasteiger partial charge in [-0.15, -0.1) is 12.4 Å². The molecule has 0 aliphatic heterocycles. The molecule has 0 radical (unpaired) electrons. The second-order valence-electron chi connectivity index (χ2n) is 7.44. The molecule has 2 rings (SSSR count). The minimum absolute atomic E-state index is 0. The molecule has 0 saturated heterocycles. The molecule has 2 aliphatic rings. The number of hydrogen-bond donors (Lipinski definition) is 2. The molecular weight excluding hydrogens is 300 g/mol. The summed E-state index contributed by atoms with van der Waals surface area (Å²) in [5.41, 5.74) is 5.34. The maximum atomic E-state index is 12.6. The molecule has 4 nitrogen and oxygen atoms in total. The molecule has 0 spiro atoms. The van der Waals surface area contributed by atoms with Crippen LogP contribution in [0.2, 0.25) is 0 Å². The zero-order chi connectivity index (χ0) is 15.7. The van der Waals surface area contributed by atoms with Crippen molar-refractivity contribution in [2.75, 3.05) is 6.61 Å². The lowest BCUT2D eigenvalue weighted by Gasteiger charge is -2.57. The van der Waals surface area contributed by atoms with Crippen molar-refractivity contribution in [3.8, 4) is 0 Å². The average molecular weight is 333 g/mol. The number of ether oxygens (including phenoxy) is 1. The lowest BCUT2D eigenvalue weighted by Crippen LogP contribution is -2.76. The highest BCUT2D eigenvalue weighted by molar-refractivity contribution is 5.89. The fraction of sp³-hybridized carbons (Fsp3) is 0.941. The van der Waals surface area contributed by atoms with Crippen LogP contribution in [0.5, 0.6) is 0 Å². The number of carbonyl (C=O) groups excluding carboxylic acids is 1. The molecule has 2 unspecified atom stereocenters. The number of rotatable bonds is 5.